The van der Waals surface area contributed by atoms with Crippen molar-refractivity contribution in [2.75, 3.05) is 7.11 Å². The number of rotatable bonds is 2. The number of hydrogen-bond acceptors (Lipinski definition) is 7. The third-order valence-electron chi connectivity index (χ3n) is 4.49. The lowest BCUT2D eigenvalue weighted by molar-refractivity contribution is -0.420. The minimum absolute atomic E-state index is 0.124. The average molecular weight is 452 g/mol. The number of fused-ring (bicyclic) bond motifs is 1. The van der Waals surface area contributed by atoms with E-state index < -0.39 is 28.5 Å². The molecule has 9 nitrogen and oxygen atoms in total. The van der Waals surface area contributed by atoms with Gasteiger partial charge >= 0.3 is 5.92 Å². The maximum atomic E-state index is 13.8. The van der Waals surface area contributed by atoms with Gasteiger partial charge in [-0.15, -0.1) is 0 Å². The highest BCUT2D eigenvalue weighted by molar-refractivity contribution is 5.85. The van der Waals surface area contributed by atoms with Crippen LogP contribution in [0, 0.1) is 22.0 Å². The highest BCUT2D eigenvalue weighted by atomic mass is 19.3. The van der Waals surface area contributed by atoms with Gasteiger partial charge in [0.1, 0.15) is 18.1 Å². The Hall–Kier alpha value is -3.43. The average Bonchev–Trinajstić information content (AvgIpc) is 2.92. The Morgan fingerprint density at radius 3 is 2.19 bits per heavy atom. The van der Waals surface area contributed by atoms with E-state index >= 15 is 0 Å². The predicted molar refractivity (Wildman–Crippen MR) is 106 cm³/mol. The number of aliphatic hydroxyl groups is 3. The van der Waals surface area contributed by atoms with E-state index in [9.17, 15) is 39.0 Å². The third kappa shape index (κ3) is 5.43. The number of alkyl halides is 2. The van der Waals surface area contributed by atoms with Crippen LogP contribution >= 0.6 is 0 Å². The van der Waals surface area contributed by atoms with Crippen molar-refractivity contribution >= 4 is 11.7 Å². The highest BCUT2D eigenvalue weighted by Crippen LogP contribution is 2.53. The molecule has 1 aliphatic carbocycles. The van der Waals surface area contributed by atoms with Gasteiger partial charge in [-0.3, -0.25) is 10.1 Å². The smallest absolute Gasteiger partial charge is 0.320 e. The molecule has 0 fully saturated rings. The molecule has 0 saturated carbocycles. The second-order valence-corrected chi connectivity index (χ2v) is 6.61. The molecule has 0 spiro atoms. The molecule has 3 rings (SSSR count). The molecular weight excluding hydrogens is 430 g/mol. The summed E-state index contributed by atoms with van der Waals surface area (Å²) in [6, 6.07) is 11.8. The summed E-state index contributed by atoms with van der Waals surface area (Å²) in [5.74, 6) is -2.96. The summed E-state index contributed by atoms with van der Waals surface area (Å²) in [7, 11) is 1.00. The third-order valence-corrected chi connectivity index (χ3v) is 4.49. The Morgan fingerprint density at radius 1 is 1.19 bits per heavy atom. The fourth-order valence-electron chi connectivity index (χ4n) is 2.85. The highest BCUT2D eigenvalue weighted by Gasteiger charge is 2.64. The van der Waals surface area contributed by atoms with E-state index in [2.05, 4.69) is 5.73 Å². The van der Waals surface area contributed by atoms with Gasteiger partial charge in [-0.05, 0) is 30.5 Å². The van der Waals surface area contributed by atoms with Crippen molar-refractivity contribution in [1.82, 2.24) is 0 Å². The van der Waals surface area contributed by atoms with E-state index in [1.807, 2.05) is 6.92 Å². The molecule has 6 N–H and O–H groups in total. The van der Waals surface area contributed by atoms with Crippen molar-refractivity contribution in [2.24, 2.45) is 0 Å². The fraction of sp³-hybridized carbons (Fsp3) is 0.286. The molecule has 1 aliphatic rings. The second kappa shape index (κ2) is 10.7. The van der Waals surface area contributed by atoms with Crippen LogP contribution in [0.15, 0.2) is 48.5 Å². The number of aliphatic carboxylic acids is 1. The molecule has 32 heavy (non-hydrogen) atoms. The molecule has 0 aliphatic heterocycles. The van der Waals surface area contributed by atoms with E-state index in [-0.39, 0.29) is 22.9 Å². The molecule has 2 aromatic rings. The van der Waals surface area contributed by atoms with E-state index in [0.29, 0.717) is 0 Å². The maximum absolute atomic E-state index is 13.8. The van der Waals surface area contributed by atoms with Crippen LogP contribution in [0.5, 0.6) is 0 Å². The van der Waals surface area contributed by atoms with Gasteiger partial charge in [0.2, 0.25) is 5.60 Å². The second-order valence-electron chi connectivity index (χ2n) is 6.61. The molecule has 0 heterocycles. The summed E-state index contributed by atoms with van der Waals surface area (Å²) in [6.45, 7) is 1.95. The monoisotopic (exact) mass is 452 g/mol. The maximum Gasteiger partial charge on any atom is 0.320 e. The molecule has 2 aromatic carbocycles. The lowest BCUT2D eigenvalue weighted by Gasteiger charge is -2.26. The summed E-state index contributed by atoms with van der Waals surface area (Å²) < 4.78 is 27.6. The van der Waals surface area contributed by atoms with Gasteiger partial charge in [-0.2, -0.15) is 8.78 Å². The van der Waals surface area contributed by atoms with Crippen molar-refractivity contribution in [2.45, 2.75) is 30.6 Å². The van der Waals surface area contributed by atoms with Crippen LogP contribution in [-0.4, -0.2) is 39.2 Å². The zero-order valence-corrected chi connectivity index (χ0v) is 17.2. The van der Waals surface area contributed by atoms with Crippen LogP contribution in [0.25, 0.3) is 0 Å². The Labute approximate surface area is 181 Å². The molecule has 0 bridgehead atoms. The van der Waals surface area contributed by atoms with Crippen molar-refractivity contribution in [1.29, 1.82) is 0 Å². The molecule has 172 valence electrons. The number of hydrogen-bond donors (Lipinski definition) is 4. The lowest BCUT2D eigenvalue weighted by atomic mass is 9.94. The first-order valence-electron chi connectivity index (χ1n) is 9.05. The summed E-state index contributed by atoms with van der Waals surface area (Å²) in [5, 5.41) is 46.9. The molecule has 0 unspecified atom stereocenters. The molecular formula is C21H22F2N2O7. The number of benzene rings is 2. The van der Waals surface area contributed by atoms with Gasteiger partial charge in [-0.1, -0.05) is 30.2 Å². The van der Waals surface area contributed by atoms with Gasteiger partial charge in [0.15, 0.2) is 0 Å². The molecule has 0 aromatic heterocycles. The summed E-state index contributed by atoms with van der Waals surface area (Å²) in [5.41, 5.74) is 1.42. The number of carbonyl (C=O) groups excluding carboxylic acids is 1. The summed E-state index contributed by atoms with van der Waals surface area (Å²) in [6.07, 6.45) is -2.24. The standard InChI is InChI=1S/C12H8F2O4.C8H10N2O2.CH4O/c13-12(14)10(17)7-3-1-2-4-8(7)11(12,18)6-5-9(15)16;1-6(9)7-2-4-8(5-3-7)10(11)12;1-2/h1-4,10,17-18H,(H,15,16);2-6H,9H2,1H3;2H,1H3/t10-,11+;6-;/m11./s1. The number of halogens is 2. The van der Waals surface area contributed by atoms with Crippen LogP contribution in [-0.2, 0) is 10.4 Å². The number of carbonyl (C=O) groups is 1. The normalized spacial score (nSPS) is 20.7. The van der Waals surface area contributed by atoms with Gasteiger partial charge in [0, 0.05) is 30.4 Å². The fourth-order valence-corrected chi connectivity index (χ4v) is 2.85. The quantitative estimate of drug-likeness (QED) is 0.278. The van der Waals surface area contributed by atoms with Gasteiger partial charge in [0.05, 0.1) is 4.92 Å². The van der Waals surface area contributed by atoms with E-state index in [4.69, 9.17) is 5.11 Å². The SMILES string of the molecule is CO.C[C@@H]([NH3+])c1ccc([N+](=O)[O-])cc1.O=C([O-])C#C[C@]1(O)c2ccccc2[C@@H](O)C1(F)F. The Kier molecular flexibility index (Phi) is 8.93. The topological polar surface area (TPSA) is 172 Å². The first kappa shape index (κ1) is 26.6. The van der Waals surface area contributed by atoms with Gasteiger partial charge in [0.25, 0.3) is 5.69 Å². The summed E-state index contributed by atoms with van der Waals surface area (Å²) >= 11 is 0. The van der Waals surface area contributed by atoms with Crippen LogP contribution in [0.2, 0.25) is 0 Å². The Balaban J connectivity index is 0.000000318. The minimum atomic E-state index is -4.00. The number of nitro groups is 1. The van der Waals surface area contributed by atoms with Crippen molar-refractivity contribution in [3.63, 3.8) is 0 Å². The summed E-state index contributed by atoms with van der Waals surface area (Å²) in [4.78, 5) is 20.1. The lowest BCUT2D eigenvalue weighted by Crippen LogP contribution is -2.51. The number of nitrogens with zero attached hydrogens (tertiary/aromatic N) is 1. The number of nitro benzene ring substituents is 1. The Bertz CT molecular complexity index is 1020. The largest absolute Gasteiger partial charge is 0.537 e. The molecule has 11 heteroatoms. The number of aliphatic hydroxyl groups excluding tert-OH is 2. The minimum Gasteiger partial charge on any atom is -0.537 e. The van der Waals surface area contributed by atoms with Crippen LogP contribution in [0.4, 0.5) is 14.5 Å². The number of non-ortho nitro benzene ring substituents is 1. The molecule has 3 atom stereocenters. The predicted octanol–water partition coefficient (Wildman–Crippen LogP) is -0.184. The van der Waals surface area contributed by atoms with Crippen LogP contribution in [0.1, 0.15) is 35.8 Å². The first-order valence-corrected chi connectivity index (χ1v) is 9.05. The number of quaternary nitrogens is 1. The van der Waals surface area contributed by atoms with E-state index in [1.54, 1.807) is 18.1 Å². The van der Waals surface area contributed by atoms with Gasteiger partial charge in [-0.25, -0.2) is 0 Å². The van der Waals surface area contributed by atoms with Crippen LogP contribution < -0.4 is 10.8 Å². The number of carboxylic acids is 1. The van der Waals surface area contributed by atoms with E-state index in [1.165, 1.54) is 36.3 Å². The van der Waals surface area contributed by atoms with Gasteiger partial charge < -0.3 is 31.0 Å². The van der Waals surface area contributed by atoms with Crippen LogP contribution in [0.3, 0.4) is 0 Å². The number of carboxylic acid groups (broad SMARTS) is 1. The Morgan fingerprint density at radius 2 is 1.72 bits per heavy atom. The van der Waals surface area contributed by atoms with Crippen molar-refractivity contribution in [3.8, 4) is 11.8 Å². The van der Waals surface area contributed by atoms with Crippen molar-refractivity contribution in [3.05, 3.63) is 75.3 Å². The van der Waals surface area contributed by atoms with Crippen molar-refractivity contribution < 1.29 is 44.7 Å². The molecule has 0 radical (unpaired) electrons. The zero-order valence-electron chi connectivity index (χ0n) is 17.2. The zero-order chi connectivity index (χ0) is 24.7. The molecule has 0 saturated heterocycles. The molecule has 0 amide bonds. The van der Waals surface area contributed by atoms with E-state index in [0.717, 1.165) is 18.7 Å². The first-order chi connectivity index (χ1) is 14.9.